The van der Waals surface area contributed by atoms with E-state index in [0.29, 0.717) is 0 Å². The molecule has 0 spiro atoms. The molecule has 86 valence electrons. The van der Waals surface area contributed by atoms with E-state index in [-0.39, 0.29) is 0 Å². The van der Waals surface area contributed by atoms with Crippen LogP contribution in [0.15, 0.2) is 0 Å². The lowest BCUT2D eigenvalue weighted by Crippen LogP contribution is -2.39. The highest BCUT2D eigenvalue weighted by Gasteiger charge is 2.27. The summed E-state index contributed by atoms with van der Waals surface area (Å²) in [6, 6.07) is 0. The molecule has 0 N–H and O–H groups in total. The fraction of sp³-hybridized carbons (Fsp3) is 1.00. The van der Waals surface area contributed by atoms with E-state index in [4.69, 9.17) is 0 Å². The van der Waals surface area contributed by atoms with E-state index < -0.39 is 0 Å². The molecule has 1 rings (SSSR count). The van der Waals surface area contributed by atoms with Gasteiger partial charge in [-0.3, -0.25) is 0 Å². The number of likely N-dealkylation sites (tertiary alicyclic amines) is 1. The molecule has 2 atom stereocenters. The predicted molar refractivity (Wildman–Crippen MR) is 65.6 cm³/mol. The van der Waals surface area contributed by atoms with Gasteiger partial charge in [0.2, 0.25) is 0 Å². The minimum Gasteiger partial charge on any atom is -0.306 e. The summed E-state index contributed by atoms with van der Waals surface area (Å²) in [7, 11) is 2.25. The van der Waals surface area contributed by atoms with E-state index in [2.05, 4.69) is 32.7 Å². The number of hydrogen-bond acceptors (Lipinski definition) is 1. The zero-order valence-corrected chi connectivity index (χ0v) is 11.0. The van der Waals surface area contributed by atoms with Crippen molar-refractivity contribution in [3.05, 3.63) is 0 Å². The number of hydrogen-bond donors (Lipinski definition) is 0. The second-order valence-electron chi connectivity index (χ2n) is 4.63. The predicted octanol–water partition coefficient (Wildman–Crippen LogP) is 3.65. The molecular weight excluding hydrogens is 170 g/mol. The first-order valence-electron chi connectivity index (χ1n) is 6.33. The molecule has 1 fully saturated rings. The highest BCUT2D eigenvalue weighted by Crippen LogP contribution is 2.31. The van der Waals surface area contributed by atoms with Crippen LogP contribution in [0.4, 0.5) is 0 Å². The second-order valence-corrected chi connectivity index (χ2v) is 4.63. The fourth-order valence-electron chi connectivity index (χ4n) is 2.54. The molecule has 0 radical (unpaired) electrons. The first-order chi connectivity index (χ1) is 6.65. The zero-order chi connectivity index (χ0) is 11.1. The van der Waals surface area contributed by atoms with E-state index >= 15 is 0 Å². The standard InChI is InChI=1S/C11H23N.C2H6/c1-5-10-8-12(4)7-6-11(10)9(2)3;1-2/h9-11H,5-8H2,1-4H3;1-2H3. The molecule has 14 heavy (non-hydrogen) atoms. The monoisotopic (exact) mass is 199 g/mol. The summed E-state index contributed by atoms with van der Waals surface area (Å²) in [5.74, 6) is 2.80. The Morgan fingerprint density at radius 2 is 1.86 bits per heavy atom. The SMILES string of the molecule is CC.CCC1CN(C)CCC1C(C)C. The van der Waals surface area contributed by atoms with Crippen LogP contribution in [-0.4, -0.2) is 25.0 Å². The molecule has 0 aliphatic carbocycles. The summed E-state index contributed by atoms with van der Waals surface area (Å²) in [6.07, 6.45) is 2.76. The Balaban J connectivity index is 0.000000791. The third kappa shape index (κ3) is 4.00. The molecule has 0 amide bonds. The maximum absolute atomic E-state index is 2.48. The van der Waals surface area contributed by atoms with Gasteiger partial charge in [0, 0.05) is 6.54 Å². The van der Waals surface area contributed by atoms with Gasteiger partial charge in [-0.15, -0.1) is 0 Å². The van der Waals surface area contributed by atoms with Crippen LogP contribution in [0.3, 0.4) is 0 Å². The Hall–Kier alpha value is -0.0400. The van der Waals surface area contributed by atoms with Crippen LogP contribution in [0.2, 0.25) is 0 Å². The summed E-state index contributed by atoms with van der Waals surface area (Å²) in [5.41, 5.74) is 0. The van der Waals surface area contributed by atoms with Gasteiger partial charge in [-0.25, -0.2) is 0 Å². The minimum atomic E-state index is 0.878. The van der Waals surface area contributed by atoms with Gasteiger partial charge in [-0.05, 0) is 37.8 Å². The summed E-state index contributed by atoms with van der Waals surface area (Å²) < 4.78 is 0. The van der Waals surface area contributed by atoms with Crippen LogP contribution in [0.1, 0.15) is 47.5 Å². The van der Waals surface area contributed by atoms with Gasteiger partial charge in [0.15, 0.2) is 0 Å². The van der Waals surface area contributed by atoms with E-state index in [1.165, 1.54) is 25.9 Å². The van der Waals surface area contributed by atoms with Crippen LogP contribution in [0.5, 0.6) is 0 Å². The van der Waals surface area contributed by atoms with Gasteiger partial charge in [0.05, 0.1) is 0 Å². The molecular formula is C13H29N. The quantitative estimate of drug-likeness (QED) is 0.656. The van der Waals surface area contributed by atoms with E-state index in [0.717, 1.165) is 17.8 Å². The first-order valence-corrected chi connectivity index (χ1v) is 6.33. The van der Waals surface area contributed by atoms with Gasteiger partial charge < -0.3 is 4.90 Å². The van der Waals surface area contributed by atoms with Gasteiger partial charge in [0.25, 0.3) is 0 Å². The first kappa shape index (κ1) is 14.0. The molecule has 1 heteroatoms. The lowest BCUT2D eigenvalue weighted by atomic mass is 9.77. The summed E-state index contributed by atoms with van der Waals surface area (Å²) in [6.45, 7) is 13.7. The molecule has 1 saturated heterocycles. The molecule has 0 aromatic rings. The third-order valence-electron chi connectivity index (χ3n) is 3.38. The molecule has 1 nitrogen and oxygen atoms in total. The molecule has 0 bridgehead atoms. The smallest absolute Gasteiger partial charge is 0.000926 e. The summed E-state index contributed by atoms with van der Waals surface area (Å²) >= 11 is 0. The Bertz CT molecular complexity index is 131. The summed E-state index contributed by atoms with van der Waals surface area (Å²) in [5, 5.41) is 0. The van der Waals surface area contributed by atoms with E-state index in [9.17, 15) is 0 Å². The van der Waals surface area contributed by atoms with E-state index in [1.54, 1.807) is 0 Å². The van der Waals surface area contributed by atoms with Crippen molar-refractivity contribution in [1.82, 2.24) is 4.90 Å². The molecule has 0 saturated carbocycles. The van der Waals surface area contributed by atoms with Crippen LogP contribution in [-0.2, 0) is 0 Å². The minimum absolute atomic E-state index is 0.878. The molecule has 1 heterocycles. The Morgan fingerprint density at radius 1 is 1.29 bits per heavy atom. The fourth-order valence-corrected chi connectivity index (χ4v) is 2.54. The Morgan fingerprint density at radius 3 is 2.29 bits per heavy atom. The largest absolute Gasteiger partial charge is 0.306 e. The van der Waals surface area contributed by atoms with Crippen molar-refractivity contribution in [2.75, 3.05) is 20.1 Å². The second kappa shape index (κ2) is 7.28. The normalized spacial score (nSPS) is 28.5. The van der Waals surface area contributed by atoms with Gasteiger partial charge in [0.1, 0.15) is 0 Å². The van der Waals surface area contributed by atoms with Crippen LogP contribution in [0.25, 0.3) is 0 Å². The van der Waals surface area contributed by atoms with Crippen molar-refractivity contribution >= 4 is 0 Å². The average molecular weight is 199 g/mol. The van der Waals surface area contributed by atoms with Crippen molar-refractivity contribution in [1.29, 1.82) is 0 Å². The van der Waals surface area contributed by atoms with Crippen molar-refractivity contribution in [2.45, 2.75) is 47.5 Å². The maximum Gasteiger partial charge on any atom is 0.000926 e. The topological polar surface area (TPSA) is 3.24 Å². The molecule has 1 aliphatic heterocycles. The highest BCUT2D eigenvalue weighted by molar-refractivity contribution is 4.79. The number of piperidine rings is 1. The number of rotatable bonds is 2. The lowest BCUT2D eigenvalue weighted by molar-refractivity contribution is 0.108. The van der Waals surface area contributed by atoms with Gasteiger partial charge in [-0.2, -0.15) is 0 Å². The Kier molecular flexibility index (Phi) is 7.26. The van der Waals surface area contributed by atoms with Crippen LogP contribution >= 0.6 is 0 Å². The molecule has 1 aliphatic rings. The average Bonchev–Trinajstić information content (AvgIpc) is 2.20. The van der Waals surface area contributed by atoms with Crippen molar-refractivity contribution in [3.63, 3.8) is 0 Å². The molecule has 2 unspecified atom stereocenters. The highest BCUT2D eigenvalue weighted by atomic mass is 15.1. The number of nitrogens with zero attached hydrogens (tertiary/aromatic N) is 1. The van der Waals surface area contributed by atoms with Crippen molar-refractivity contribution in [2.24, 2.45) is 17.8 Å². The third-order valence-corrected chi connectivity index (χ3v) is 3.38. The summed E-state index contributed by atoms with van der Waals surface area (Å²) in [4.78, 5) is 2.48. The van der Waals surface area contributed by atoms with E-state index in [1.807, 2.05) is 13.8 Å². The molecule has 0 aromatic carbocycles. The van der Waals surface area contributed by atoms with Crippen LogP contribution < -0.4 is 0 Å². The van der Waals surface area contributed by atoms with Crippen molar-refractivity contribution < 1.29 is 0 Å². The zero-order valence-electron chi connectivity index (χ0n) is 11.0. The maximum atomic E-state index is 2.48. The Labute approximate surface area is 90.9 Å². The van der Waals surface area contributed by atoms with Crippen LogP contribution in [0, 0.1) is 17.8 Å². The van der Waals surface area contributed by atoms with Crippen molar-refractivity contribution in [3.8, 4) is 0 Å². The van der Waals surface area contributed by atoms with Gasteiger partial charge >= 0.3 is 0 Å². The van der Waals surface area contributed by atoms with Gasteiger partial charge in [-0.1, -0.05) is 41.0 Å². The lowest BCUT2D eigenvalue weighted by Gasteiger charge is -2.38. The molecule has 0 aromatic heterocycles.